The van der Waals surface area contributed by atoms with Gasteiger partial charge < -0.3 is 35.4 Å². The number of hydrogen-bond acceptors (Lipinski definition) is 7. The van der Waals surface area contributed by atoms with Crippen LogP contribution in [0.1, 0.15) is 53.9 Å². The van der Waals surface area contributed by atoms with Crippen molar-refractivity contribution in [3.05, 3.63) is 0 Å². The Hall–Kier alpha value is -0.280. The van der Waals surface area contributed by atoms with E-state index in [0.29, 0.717) is 12.8 Å². The van der Waals surface area contributed by atoms with Crippen LogP contribution in [0.2, 0.25) is 0 Å². The molecule has 7 nitrogen and oxygen atoms in total. The van der Waals surface area contributed by atoms with Gasteiger partial charge in [-0.25, -0.2) is 0 Å². The van der Waals surface area contributed by atoms with Gasteiger partial charge in [-0.3, -0.25) is 0 Å². The minimum Gasteiger partial charge on any atom is -0.390 e. The molecule has 0 aromatic heterocycles. The molecule has 2 aliphatic heterocycles. The van der Waals surface area contributed by atoms with Gasteiger partial charge in [-0.1, -0.05) is 27.7 Å². The summed E-state index contributed by atoms with van der Waals surface area (Å²) in [6.45, 7) is 8.59. The van der Waals surface area contributed by atoms with Crippen LogP contribution in [0.15, 0.2) is 0 Å². The number of rotatable bonds is 1. The predicted octanol–water partition coefficient (Wildman–Crippen LogP) is -0.495. The molecule has 2 heterocycles. The molecule has 0 radical (unpaired) electrons. The summed E-state index contributed by atoms with van der Waals surface area (Å²) in [4.78, 5) is 0. The van der Waals surface area contributed by atoms with Crippen LogP contribution in [0, 0.1) is 28.6 Å². The molecule has 2 saturated heterocycles. The summed E-state index contributed by atoms with van der Waals surface area (Å²) in [6.07, 6.45) is -1.79. The van der Waals surface area contributed by atoms with Crippen molar-refractivity contribution in [2.75, 3.05) is 0 Å². The van der Waals surface area contributed by atoms with E-state index in [1.54, 1.807) is 27.7 Å². The van der Waals surface area contributed by atoms with E-state index in [1.807, 2.05) is 6.92 Å². The molecule has 11 atom stereocenters. The summed E-state index contributed by atoms with van der Waals surface area (Å²) in [7, 11) is 0. The molecule has 1 spiro atoms. The molecule has 0 amide bonds. The lowest BCUT2D eigenvalue weighted by Gasteiger charge is -2.60. The zero-order chi connectivity index (χ0) is 20.2. The van der Waals surface area contributed by atoms with Crippen molar-refractivity contribution in [3.8, 4) is 0 Å². The third-order valence-electron chi connectivity index (χ3n) is 10.1. The van der Waals surface area contributed by atoms with Crippen molar-refractivity contribution in [2.45, 2.75) is 94.3 Å². The van der Waals surface area contributed by atoms with Crippen LogP contribution in [0.25, 0.3) is 0 Å². The normalized spacial score (nSPS) is 71.6. The SMILES string of the molecule is CC(C)[C@@]1(O)[C@H](O)[C@@H]2[C@@]3(O)[C@]45O[C@@](O)(C[C@@]2(C)[C@@]4(O)CC[C@H](C)[C@H]5O)[C@]31C. The smallest absolute Gasteiger partial charge is 0.178 e. The molecule has 0 aromatic rings. The predicted molar refractivity (Wildman–Crippen MR) is 93.2 cm³/mol. The van der Waals surface area contributed by atoms with Gasteiger partial charge in [0.05, 0.1) is 17.6 Å². The highest BCUT2D eigenvalue weighted by Crippen LogP contribution is 2.89. The monoisotopic (exact) mass is 384 g/mol. The fourth-order valence-corrected chi connectivity index (χ4v) is 8.83. The first-order valence-corrected chi connectivity index (χ1v) is 10.1. The van der Waals surface area contributed by atoms with Crippen LogP contribution in [-0.2, 0) is 4.74 Å². The molecule has 6 bridgehead atoms. The lowest BCUT2D eigenvalue weighted by molar-refractivity contribution is -0.385. The van der Waals surface area contributed by atoms with Gasteiger partial charge in [0.15, 0.2) is 11.4 Å². The van der Waals surface area contributed by atoms with Crippen LogP contribution < -0.4 is 0 Å². The third kappa shape index (κ3) is 1.20. The van der Waals surface area contributed by atoms with E-state index in [2.05, 4.69) is 0 Å². The zero-order valence-electron chi connectivity index (χ0n) is 16.6. The van der Waals surface area contributed by atoms with Gasteiger partial charge in [0.25, 0.3) is 0 Å². The Morgan fingerprint density at radius 1 is 1.00 bits per heavy atom. The summed E-state index contributed by atoms with van der Waals surface area (Å²) >= 11 is 0. The van der Waals surface area contributed by atoms with Gasteiger partial charge >= 0.3 is 0 Å². The molecular formula is C20H32O7. The van der Waals surface area contributed by atoms with Crippen molar-refractivity contribution >= 4 is 0 Å². The third-order valence-corrected chi connectivity index (χ3v) is 10.1. The quantitative estimate of drug-likeness (QED) is 0.359. The maximum absolute atomic E-state index is 12.3. The van der Waals surface area contributed by atoms with E-state index < -0.39 is 63.1 Å². The van der Waals surface area contributed by atoms with E-state index in [0.717, 1.165) is 0 Å². The first-order valence-electron chi connectivity index (χ1n) is 10.1. The number of aliphatic hydroxyl groups excluding tert-OH is 2. The molecule has 6 rings (SSSR count). The van der Waals surface area contributed by atoms with Crippen LogP contribution >= 0.6 is 0 Å². The van der Waals surface area contributed by atoms with Gasteiger partial charge in [-0.15, -0.1) is 0 Å². The average Bonchev–Trinajstić information content (AvgIpc) is 2.82. The number of ether oxygens (including phenoxy) is 1. The largest absolute Gasteiger partial charge is 0.390 e. The lowest BCUT2D eigenvalue weighted by Crippen LogP contribution is -2.75. The summed E-state index contributed by atoms with van der Waals surface area (Å²) in [5, 5.41) is 70.2. The lowest BCUT2D eigenvalue weighted by atomic mass is 9.54. The molecule has 6 fully saturated rings. The van der Waals surface area contributed by atoms with E-state index >= 15 is 0 Å². The van der Waals surface area contributed by atoms with Crippen molar-refractivity contribution in [3.63, 3.8) is 0 Å². The molecule has 154 valence electrons. The second kappa shape index (κ2) is 4.26. The van der Waals surface area contributed by atoms with Crippen molar-refractivity contribution in [1.82, 2.24) is 0 Å². The minimum atomic E-state index is -1.98. The Morgan fingerprint density at radius 3 is 2.15 bits per heavy atom. The Balaban J connectivity index is 1.92. The highest BCUT2D eigenvalue weighted by molar-refractivity contribution is 5.51. The van der Waals surface area contributed by atoms with Crippen LogP contribution in [-0.4, -0.2) is 71.0 Å². The van der Waals surface area contributed by atoms with Gasteiger partial charge in [0, 0.05) is 17.8 Å². The summed E-state index contributed by atoms with van der Waals surface area (Å²) in [6, 6.07) is 0. The first kappa shape index (κ1) is 18.7. The maximum atomic E-state index is 12.3. The molecule has 7 heteroatoms. The topological polar surface area (TPSA) is 131 Å². The average molecular weight is 384 g/mol. The standard InChI is InChI=1S/C20H32O7/c1-9(2)18(25)13(22)11-14(4)8-17(24)15(18,5)19(11,26)20(27-17)12(21)10(3)6-7-16(14,20)23/h9-13,21-26H,6-8H2,1-5H3/t10-,11-,12+,13+,14+,15-,16-,17-,18+,19-,20+/m0/s1. The Bertz CT molecular complexity index is 744. The first-order chi connectivity index (χ1) is 12.2. The van der Waals surface area contributed by atoms with E-state index in [-0.39, 0.29) is 12.3 Å². The summed E-state index contributed by atoms with van der Waals surface area (Å²) < 4.78 is 6.15. The fraction of sp³-hybridized carbons (Fsp3) is 1.00. The second-order valence-corrected chi connectivity index (χ2v) is 10.8. The van der Waals surface area contributed by atoms with E-state index in [1.165, 1.54) is 0 Å². The molecule has 0 unspecified atom stereocenters. The molecule has 6 N–H and O–H groups in total. The van der Waals surface area contributed by atoms with Crippen LogP contribution in [0.3, 0.4) is 0 Å². The summed E-state index contributed by atoms with van der Waals surface area (Å²) in [5.74, 6) is -3.68. The molecule has 4 saturated carbocycles. The van der Waals surface area contributed by atoms with Gasteiger partial charge in [0.1, 0.15) is 16.8 Å². The van der Waals surface area contributed by atoms with Crippen LogP contribution in [0.5, 0.6) is 0 Å². The Morgan fingerprint density at radius 2 is 1.59 bits per heavy atom. The van der Waals surface area contributed by atoms with Crippen molar-refractivity contribution in [1.29, 1.82) is 0 Å². The number of hydrogen-bond donors (Lipinski definition) is 6. The van der Waals surface area contributed by atoms with Crippen molar-refractivity contribution < 1.29 is 35.4 Å². The van der Waals surface area contributed by atoms with Gasteiger partial charge in [-0.05, 0) is 31.6 Å². The highest BCUT2D eigenvalue weighted by Gasteiger charge is 3.04. The van der Waals surface area contributed by atoms with E-state index in [4.69, 9.17) is 4.74 Å². The number of aliphatic hydroxyl groups is 6. The highest BCUT2D eigenvalue weighted by atomic mass is 16.7. The zero-order valence-corrected chi connectivity index (χ0v) is 16.6. The fourth-order valence-electron chi connectivity index (χ4n) is 8.83. The maximum Gasteiger partial charge on any atom is 0.178 e. The van der Waals surface area contributed by atoms with Crippen LogP contribution in [0.4, 0.5) is 0 Å². The molecule has 0 aromatic carbocycles. The Kier molecular flexibility index (Phi) is 2.96. The van der Waals surface area contributed by atoms with E-state index in [9.17, 15) is 30.6 Å². The van der Waals surface area contributed by atoms with Gasteiger partial charge in [-0.2, -0.15) is 0 Å². The molecular weight excluding hydrogens is 352 g/mol. The molecule has 27 heavy (non-hydrogen) atoms. The summed E-state index contributed by atoms with van der Waals surface area (Å²) in [5.41, 5.74) is -10.1. The van der Waals surface area contributed by atoms with Gasteiger partial charge in [0.2, 0.25) is 0 Å². The second-order valence-electron chi connectivity index (χ2n) is 10.8. The minimum absolute atomic E-state index is 0.0189. The molecule has 4 aliphatic carbocycles. The Labute approximate surface area is 159 Å². The molecule has 6 aliphatic rings. The van der Waals surface area contributed by atoms with Crippen molar-refractivity contribution in [2.24, 2.45) is 28.6 Å².